The first-order chi connectivity index (χ1) is 7.76. The van der Waals surface area contributed by atoms with Gasteiger partial charge in [0.25, 0.3) is 0 Å². The molecule has 0 bridgehead atoms. The van der Waals surface area contributed by atoms with Crippen LogP contribution in [0.2, 0.25) is 0 Å². The van der Waals surface area contributed by atoms with Gasteiger partial charge in [-0.25, -0.2) is 0 Å². The second-order valence-electron chi connectivity index (χ2n) is 3.46. The molecule has 0 aliphatic rings. The van der Waals surface area contributed by atoms with E-state index in [4.69, 9.17) is 15.2 Å². The van der Waals surface area contributed by atoms with E-state index in [1.807, 2.05) is 18.2 Å². The number of hydrogen-bond donors (Lipinski definition) is 1. The second kappa shape index (κ2) is 7.65. The van der Waals surface area contributed by atoms with Gasteiger partial charge in [0.05, 0.1) is 6.61 Å². The van der Waals surface area contributed by atoms with Crippen LogP contribution in [0.4, 0.5) is 0 Å². The molecule has 0 aliphatic heterocycles. The lowest BCUT2D eigenvalue weighted by molar-refractivity contribution is 0.101. The minimum absolute atomic E-state index is 0.516. The molecule has 0 unspecified atom stereocenters. The molecule has 3 nitrogen and oxygen atoms in total. The second-order valence-corrected chi connectivity index (χ2v) is 4.38. The highest BCUT2D eigenvalue weighted by Crippen LogP contribution is 2.21. The van der Waals surface area contributed by atoms with Crippen molar-refractivity contribution in [3.63, 3.8) is 0 Å². The van der Waals surface area contributed by atoms with Crippen molar-refractivity contribution in [2.45, 2.75) is 19.9 Å². The Morgan fingerprint density at radius 1 is 1.19 bits per heavy atom. The summed E-state index contributed by atoms with van der Waals surface area (Å²) in [5.41, 5.74) is 6.64. The highest BCUT2D eigenvalue weighted by Gasteiger charge is 1.99. The molecule has 4 heteroatoms. The van der Waals surface area contributed by atoms with E-state index in [1.54, 1.807) is 0 Å². The third-order valence-corrected chi connectivity index (χ3v) is 2.47. The number of rotatable bonds is 7. The zero-order chi connectivity index (χ0) is 11.8. The maximum absolute atomic E-state index is 5.58. The molecule has 1 rings (SSSR count). The number of hydrogen-bond acceptors (Lipinski definition) is 3. The maximum Gasteiger partial charge on any atom is 0.120 e. The summed E-state index contributed by atoms with van der Waals surface area (Å²) in [6.45, 7) is 4.58. The van der Waals surface area contributed by atoms with Crippen molar-refractivity contribution < 1.29 is 9.47 Å². The topological polar surface area (TPSA) is 44.5 Å². The average molecular weight is 288 g/mol. The van der Waals surface area contributed by atoms with E-state index in [2.05, 4.69) is 22.9 Å². The van der Waals surface area contributed by atoms with Crippen LogP contribution in [0.25, 0.3) is 0 Å². The van der Waals surface area contributed by atoms with Crippen molar-refractivity contribution in [2.75, 3.05) is 19.8 Å². The molecule has 1 aromatic carbocycles. The maximum atomic E-state index is 5.58. The first kappa shape index (κ1) is 13.5. The molecule has 1 aromatic rings. The number of nitrogens with two attached hydrogens (primary N) is 1. The molecule has 0 saturated carbocycles. The van der Waals surface area contributed by atoms with E-state index >= 15 is 0 Å². The fourth-order valence-corrected chi connectivity index (χ4v) is 1.81. The third-order valence-electron chi connectivity index (χ3n) is 2.01. The summed E-state index contributed by atoms with van der Waals surface area (Å²) < 4.78 is 11.9. The van der Waals surface area contributed by atoms with Crippen LogP contribution in [0, 0.1) is 0 Å². The standard InChI is InChI=1S/C12H18BrNO2/c1-2-3-15-4-5-16-12-7-10(9-14)6-11(13)8-12/h6-8H,2-5,9,14H2,1H3. The van der Waals surface area contributed by atoms with Crippen molar-refractivity contribution in [2.24, 2.45) is 5.73 Å². The summed E-state index contributed by atoms with van der Waals surface area (Å²) in [6, 6.07) is 5.87. The van der Waals surface area contributed by atoms with Crippen LogP contribution in [-0.2, 0) is 11.3 Å². The first-order valence-electron chi connectivity index (χ1n) is 5.46. The molecule has 0 fully saturated rings. The SMILES string of the molecule is CCCOCCOc1cc(Br)cc(CN)c1. The van der Waals surface area contributed by atoms with Gasteiger partial charge in [0.1, 0.15) is 12.4 Å². The van der Waals surface area contributed by atoms with E-state index in [0.717, 1.165) is 28.8 Å². The van der Waals surface area contributed by atoms with Crippen LogP contribution in [-0.4, -0.2) is 19.8 Å². The predicted octanol–water partition coefficient (Wildman–Crippen LogP) is 2.71. The fourth-order valence-electron chi connectivity index (χ4n) is 1.29. The van der Waals surface area contributed by atoms with Gasteiger partial charge in [-0.3, -0.25) is 0 Å². The number of ether oxygens (including phenoxy) is 2. The highest BCUT2D eigenvalue weighted by atomic mass is 79.9. The molecule has 0 radical (unpaired) electrons. The lowest BCUT2D eigenvalue weighted by Crippen LogP contribution is -2.07. The Labute approximate surface area is 105 Å². The third kappa shape index (κ3) is 4.96. The van der Waals surface area contributed by atoms with Crippen molar-refractivity contribution >= 4 is 15.9 Å². The smallest absolute Gasteiger partial charge is 0.120 e. The molecule has 90 valence electrons. The normalized spacial score (nSPS) is 10.4. The molecule has 0 saturated heterocycles. The minimum atomic E-state index is 0.516. The molecular weight excluding hydrogens is 270 g/mol. The first-order valence-corrected chi connectivity index (χ1v) is 6.25. The zero-order valence-corrected chi connectivity index (χ0v) is 11.1. The lowest BCUT2D eigenvalue weighted by Gasteiger charge is -2.08. The molecule has 0 heterocycles. The van der Waals surface area contributed by atoms with Gasteiger partial charge in [0.2, 0.25) is 0 Å². The van der Waals surface area contributed by atoms with E-state index < -0.39 is 0 Å². The number of halogens is 1. The van der Waals surface area contributed by atoms with Gasteiger partial charge in [0.15, 0.2) is 0 Å². The Morgan fingerprint density at radius 2 is 2.00 bits per heavy atom. The van der Waals surface area contributed by atoms with E-state index in [-0.39, 0.29) is 0 Å². The lowest BCUT2D eigenvalue weighted by atomic mass is 10.2. The molecule has 0 spiro atoms. The van der Waals surface area contributed by atoms with Crippen molar-refractivity contribution in [1.29, 1.82) is 0 Å². The van der Waals surface area contributed by atoms with Crippen LogP contribution in [0.1, 0.15) is 18.9 Å². The number of benzene rings is 1. The van der Waals surface area contributed by atoms with Gasteiger partial charge in [-0.2, -0.15) is 0 Å². The highest BCUT2D eigenvalue weighted by molar-refractivity contribution is 9.10. The van der Waals surface area contributed by atoms with Gasteiger partial charge < -0.3 is 15.2 Å². The van der Waals surface area contributed by atoms with Crippen molar-refractivity contribution in [1.82, 2.24) is 0 Å². The summed E-state index contributed by atoms with van der Waals surface area (Å²) in [5.74, 6) is 0.829. The predicted molar refractivity (Wildman–Crippen MR) is 68.6 cm³/mol. The molecule has 2 N–H and O–H groups in total. The van der Waals surface area contributed by atoms with Crippen molar-refractivity contribution in [3.8, 4) is 5.75 Å². The fraction of sp³-hybridized carbons (Fsp3) is 0.500. The Bertz CT molecular complexity index is 318. The quantitative estimate of drug-likeness (QED) is 0.785. The van der Waals surface area contributed by atoms with E-state index in [0.29, 0.717) is 19.8 Å². The molecule has 16 heavy (non-hydrogen) atoms. The van der Waals surface area contributed by atoms with Crippen molar-refractivity contribution in [3.05, 3.63) is 28.2 Å². The van der Waals surface area contributed by atoms with Gasteiger partial charge in [-0.15, -0.1) is 0 Å². The Hall–Kier alpha value is -0.580. The summed E-state index contributed by atoms with van der Waals surface area (Å²) in [7, 11) is 0. The summed E-state index contributed by atoms with van der Waals surface area (Å²) in [4.78, 5) is 0. The minimum Gasteiger partial charge on any atom is -0.491 e. The monoisotopic (exact) mass is 287 g/mol. The Balaban J connectivity index is 2.38. The van der Waals surface area contributed by atoms with E-state index in [9.17, 15) is 0 Å². The summed E-state index contributed by atoms with van der Waals surface area (Å²) >= 11 is 3.42. The van der Waals surface area contributed by atoms with E-state index in [1.165, 1.54) is 0 Å². The zero-order valence-electron chi connectivity index (χ0n) is 9.54. The summed E-state index contributed by atoms with van der Waals surface area (Å²) in [6.07, 6.45) is 1.04. The Kier molecular flexibility index (Phi) is 6.45. The van der Waals surface area contributed by atoms with Gasteiger partial charge in [-0.1, -0.05) is 22.9 Å². The van der Waals surface area contributed by atoms with Crippen LogP contribution >= 0.6 is 15.9 Å². The van der Waals surface area contributed by atoms with Gasteiger partial charge >= 0.3 is 0 Å². The molecule has 0 aromatic heterocycles. The van der Waals surface area contributed by atoms with Crippen LogP contribution in [0.15, 0.2) is 22.7 Å². The average Bonchev–Trinajstić information content (AvgIpc) is 2.28. The largest absolute Gasteiger partial charge is 0.491 e. The summed E-state index contributed by atoms with van der Waals surface area (Å²) in [5, 5.41) is 0. The van der Waals surface area contributed by atoms with Crippen LogP contribution < -0.4 is 10.5 Å². The molecular formula is C12H18BrNO2. The van der Waals surface area contributed by atoms with Crippen LogP contribution in [0.5, 0.6) is 5.75 Å². The van der Waals surface area contributed by atoms with Crippen LogP contribution in [0.3, 0.4) is 0 Å². The molecule has 0 aliphatic carbocycles. The molecule has 0 amide bonds. The van der Waals surface area contributed by atoms with Gasteiger partial charge in [0, 0.05) is 17.6 Å². The van der Waals surface area contributed by atoms with Gasteiger partial charge in [-0.05, 0) is 30.2 Å². The molecule has 0 atom stereocenters. The Morgan fingerprint density at radius 3 is 2.69 bits per heavy atom.